The SMILES string of the molecule is CCOCC(=O)Nc1nncs1. The third-order valence-corrected chi connectivity index (χ3v) is 1.65. The zero-order valence-corrected chi connectivity index (χ0v) is 7.43. The summed E-state index contributed by atoms with van der Waals surface area (Å²) in [5.41, 5.74) is 1.55. The molecule has 0 bridgehead atoms. The van der Waals surface area contributed by atoms with Crippen LogP contribution in [0.3, 0.4) is 0 Å². The first-order valence-corrected chi connectivity index (χ1v) is 4.34. The number of amides is 1. The zero-order valence-electron chi connectivity index (χ0n) is 6.61. The Labute approximate surface area is 73.8 Å². The summed E-state index contributed by atoms with van der Waals surface area (Å²) in [6.45, 7) is 2.43. The fourth-order valence-corrected chi connectivity index (χ4v) is 1.04. The number of carbonyl (C=O) groups is 1. The lowest BCUT2D eigenvalue weighted by Gasteiger charge is -1.99. The summed E-state index contributed by atoms with van der Waals surface area (Å²) < 4.78 is 4.89. The van der Waals surface area contributed by atoms with Crippen molar-refractivity contribution in [2.45, 2.75) is 6.92 Å². The van der Waals surface area contributed by atoms with Crippen LogP contribution in [0.2, 0.25) is 0 Å². The van der Waals surface area contributed by atoms with Crippen LogP contribution in [-0.2, 0) is 9.53 Å². The predicted molar refractivity (Wildman–Crippen MR) is 45.0 cm³/mol. The number of rotatable bonds is 4. The van der Waals surface area contributed by atoms with Crippen LogP contribution < -0.4 is 5.32 Å². The second-order valence-electron chi connectivity index (χ2n) is 1.93. The van der Waals surface area contributed by atoms with Crippen molar-refractivity contribution in [1.82, 2.24) is 10.2 Å². The number of aromatic nitrogens is 2. The van der Waals surface area contributed by atoms with Gasteiger partial charge in [-0.05, 0) is 6.92 Å². The monoisotopic (exact) mass is 187 g/mol. The molecule has 0 saturated carbocycles. The van der Waals surface area contributed by atoms with E-state index in [9.17, 15) is 4.79 Å². The minimum absolute atomic E-state index is 0.0656. The zero-order chi connectivity index (χ0) is 8.81. The maximum absolute atomic E-state index is 11.0. The van der Waals surface area contributed by atoms with Crippen LogP contribution in [0.1, 0.15) is 6.92 Å². The molecule has 0 spiro atoms. The molecule has 0 saturated heterocycles. The smallest absolute Gasteiger partial charge is 0.252 e. The third-order valence-electron chi connectivity index (χ3n) is 1.04. The number of ether oxygens (including phenoxy) is 1. The summed E-state index contributed by atoms with van der Waals surface area (Å²) in [4.78, 5) is 11.0. The molecule has 1 aromatic rings. The van der Waals surface area contributed by atoms with Crippen LogP contribution in [-0.4, -0.2) is 29.3 Å². The average Bonchev–Trinajstić information content (AvgIpc) is 2.53. The lowest BCUT2D eigenvalue weighted by atomic mass is 10.6. The Morgan fingerprint density at radius 1 is 1.83 bits per heavy atom. The van der Waals surface area contributed by atoms with Crippen LogP contribution in [0.25, 0.3) is 0 Å². The molecule has 0 radical (unpaired) electrons. The van der Waals surface area contributed by atoms with E-state index in [1.165, 1.54) is 11.3 Å². The Morgan fingerprint density at radius 3 is 3.25 bits per heavy atom. The summed E-state index contributed by atoms with van der Waals surface area (Å²) in [7, 11) is 0. The van der Waals surface area contributed by atoms with Crippen molar-refractivity contribution in [2.24, 2.45) is 0 Å². The Kier molecular flexibility index (Phi) is 3.62. The lowest BCUT2D eigenvalue weighted by molar-refractivity contribution is -0.120. The molecule has 0 unspecified atom stereocenters. The van der Waals surface area contributed by atoms with Gasteiger partial charge in [-0.15, -0.1) is 10.2 Å². The van der Waals surface area contributed by atoms with E-state index in [2.05, 4.69) is 15.5 Å². The Balaban J connectivity index is 2.27. The van der Waals surface area contributed by atoms with Gasteiger partial charge in [0.2, 0.25) is 5.13 Å². The third kappa shape index (κ3) is 2.93. The maximum atomic E-state index is 11.0. The number of hydrogen-bond donors (Lipinski definition) is 1. The van der Waals surface area contributed by atoms with Gasteiger partial charge in [-0.3, -0.25) is 10.1 Å². The van der Waals surface area contributed by atoms with Crippen molar-refractivity contribution < 1.29 is 9.53 Å². The summed E-state index contributed by atoms with van der Waals surface area (Å²) in [5.74, 6) is -0.200. The molecule has 0 fully saturated rings. The molecule has 5 nitrogen and oxygen atoms in total. The first kappa shape index (κ1) is 9.08. The van der Waals surface area contributed by atoms with Gasteiger partial charge in [0.1, 0.15) is 12.1 Å². The number of anilines is 1. The van der Waals surface area contributed by atoms with Crippen molar-refractivity contribution in [3.05, 3.63) is 5.51 Å². The first-order chi connectivity index (χ1) is 5.83. The van der Waals surface area contributed by atoms with Crippen LogP contribution in [0.4, 0.5) is 5.13 Å². The van der Waals surface area contributed by atoms with Gasteiger partial charge in [0.05, 0.1) is 0 Å². The van der Waals surface area contributed by atoms with Gasteiger partial charge in [0, 0.05) is 6.61 Å². The summed E-state index contributed by atoms with van der Waals surface area (Å²) in [6.07, 6.45) is 0. The van der Waals surface area contributed by atoms with Gasteiger partial charge in [-0.25, -0.2) is 0 Å². The summed E-state index contributed by atoms with van der Waals surface area (Å²) in [6, 6.07) is 0. The molecule has 0 aromatic carbocycles. The van der Waals surface area contributed by atoms with Crippen molar-refractivity contribution in [3.8, 4) is 0 Å². The molecule has 1 N–H and O–H groups in total. The highest BCUT2D eigenvalue weighted by Crippen LogP contribution is 2.06. The Morgan fingerprint density at radius 2 is 2.67 bits per heavy atom. The van der Waals surface area contributed by atoms with Gasteiger partial charge in [0.25, 0.3) is 5.91 Å². The largest absolute Gasteiger partial charge is 0.372 e. The average molecular weight is 187 g/mol. The van der Waals surface area contributed by atoms with E-state index in [0.29, 0.717) is 11.7 Å². The van der Waals surface area contributed by atoms with Crippen molar-refractivity contribution in [2.75, 3.05) is 18.5 Å². The molecular weight excluding hydrogens is 178 g/mol. The van der Waals surface area contributed by atoms with E-state index in [0.717, 1.165) is 0 Å². The molecule has 0 aliphatic rings. The molecule has 12 heavy (non-hydrogen) atoms. The molecule has 0 aliphatic heterocycles. The Hall–Kier alpha value is -1.01. The van der Waals surface area contributed by atoms with E-state index in [4.69, 9.17) is 4.74 Å². The number of nitrogens with zero attached hydrogens (tertiary/aromatic N) is 2. The molecule has 0 aliphatic carbocycles. The molecule has 66 valence electrons. The van der Waals surface area contributed by atoms with Crippen LogP contribution in [0, 0.1) is 0 Å². The van der Waals surface area contributed by atoms with Crippen LogP contribution in [0.5, 0.6) is 0 Å². The van der Waals surface area contributed by atoms with E-state index in [1.807, 2.05) is 6.92 Å². The van der Waals surface area contributed by atoms with Crippen molar-refractivity contribution in [3.63, 3.8) is 0 Å². The van der Waals surface area contributed by atoms with E-state index >= 15 is 0 Å². The van der Waals surface area contributed by atoms with Gasteiger partial charge < -0.3 is 4.74 Å². The highest BCUT2D eigenvalue weighted by molar-refractivity contribution is 7.13. The highest BCUT2D eigenvalue weighted by Gasteiger charge is 2.02. The second-order valence-corrected chi connectivity index (χ2v) is 2.76. The second kappa shape index (κ2) is 4.78. The van der Waals surface area contributed by atoms with Crippen LogP contribution in [0.15, 0.2) is 5.51 Å². The summed E-state index contributed by atoms with van der Waals surface area (Å²) >= 11 is 1.27. The molecule has 1 rings (SSSR count). The van der Waals surface area contributed by atoms with Crippen molar-refractivity contribution in [1.29, 1.82) is 0 Å². The maximum Gasteiger partial charge on any atom is 0.252 e. The number of hydrogen-bond acceptors (Lipinski definition) is 5. The van der Waals surface area contributed by atoms with Gasteiger partial charge in [-0.2, -0.15) is 0 Å². The van der Waals surface area contributed by atoms with Gasteiger partial charge >= 0.3 is 0 Å². The van der Waals surface area contributed by atoms with E-state index in [1.54, 1.807) is 5.51 Å². The van der Waals surface area contributed by atoms with Gasteiger partial charge in [-0.1, -0.05) is 11.3 Å². The first-order valence-electron chi connectivity index (χ1n) is 3.46. The highest BCUT2D eigenvalue weighted by atomic mass is 32.1. The van der Waals surface area contributed by atoms with E-state index in [-0.39, 0.29) is 12.5 Å². The number of nitrogens with one attached hydrogen (secondary N) is 1. The molecule has 0 atom stereocenters. The molecule has 6 heteroatoms. The quantitative estimate of drug-likeness (QED) is 0.746. The fourth-order valence-electron chi connectivity index (χ4n) is 0.578. The molecular formula is C6H9N3O2S. The fraction of sp³-hybridized carbons (Fsp3) is 0.500. The molecule has 1 heterocycles. The van der Waals surface area contributed by atoms with Crippen molar-refractivity contribution >= 4 is 22.4 Å². The minimum Gasteiger partial charge on any atom is -0.372 e. The van der Waals surface area contributed by atoms with Crippen LogP contribution >= 0.6 is 11.3 Å². The molecule has 1 aromatic heterocycles. The predicted octanol–water partition coefficient (Wildman–Crippen LogP) is 0.513. The molecule has 1 amide bonds. The standard InChI is InChI=1S/C6H9N3O2S/c1-2-11-3-5(10)8-6-9-7-4-12-6/h4H,2-3H2,1H3,(H,8,9,10). The topological polar surface area (TPSA) is 64.1 Å². The van der Waals surface area contributed by atoms with Gasteiger partial charge in [0.15, 0.2) is 0 Å². The minimum atomic E-state index is -0.200. The normalized spacial score (nSPS) is 9.75. The van der Waals surface area contributed by atoms with E-state index < -0.39 is 0 Å². The summed E-state index contributed by atoms with van der Waals surface area (Å²) in [5, 5.41) is 10.3. The Bertz CT molecular complexity index is 237. The lowest BCUT2D eigenvalue weighted by Crippen LogP contribution is -2.17. The number of carbonyl (C=O) groups excluding carboxylic acids is 1.